The molecular weight excluding hydrogens is 212 g/mol. The predicted octanol–water partition coefficient (Wildman–Crippen LogP) is 1.59. The molecule has 0 fully saturated rings. The van der Waals surface area contributed by atoms with Crippen molar-refractivity contribution in [2.24, 2.45) is 5.73 Å². The molecule has 1 aromatic carbocycles. The zero-order valence-electron chi connectivity index (χ0n) is 10.3. The summed E-state index contributed by atoms with van der Waals surface area (Å²) >= 11 is 0. The molecule has 0 spiro atoms. The van der Waals surface area contributed by atoms with Gasteiger partial charge >= 0.3 is 0 Å². The van der Waals surface area contributed by atoms with Crippen LogP contribution in [0.25, 0.3) is 10.9 Å². The average molecular weight is 230 g/mol. The van der Waals surface area contributed by atoms with E-state index >= 15 is 0 Å². The SMILES string of the molecule is CN(C)c1nc(CCCN)nc2ccccc12. The highest BCUT2D eigenvalue weighted by Gasteiger charge is 2.08. The van der Waals surface area contributed by atoms with Gasteiger partial charge in [-0.15, -0.1) is 0 Å². The van der Waals surface area contributed by atoms with Crippen molar-refractivity contribution >= 4 is 16.7 Å². The third kappa shape index (κ3) is 2.53. The number of benzene rings is 1. The summed E-state index contributed by atoms with van der Waals surface area (Å²) in [6, 6.07) is 8.09. The molecule has 0 amide bonds. The van der Waals surface area contributed by atoms with E-state index in [1.807, 2.05) is 37.2 Å². The van der Waals surface area contributed by atoms with Gasteiger partial charge in [-0.25, -0.2) is 9.97 Å². The minimum absolute atomic E-state index is 0.674. The lowest BCUT2D eigenvalue weighted by Crippen LogP contribution is -2.13. The van der Waals surface area contributed by atoms with E-state index in [1.54, 1.807) is 0 Å². The van der Waals surface area contributed by atoms with Crippen molar-refractivity contribution in [3.05, 3.63) is 30.1 Å². The largest absolute Gasteiger partial charge is 0.362 e. The minimum atomic E-state index is 0.674. The number of anilines is 1. The molecule has 0 saturated heterocycles. The summed E-state index contributed by atoms with van der Waals surface area (Å²) in [6.07, 6.45) is 1.76. The Morgan fingerprint density at radius 2 is 1.94 bits per heavy atom. The highest BCUT2D eigenvalue weighted by Crippen LogP contribution is 2.22. The van der Waals surface area contributed by atoms with Gasteiger partial charge in [-0.3, -0.25) is 0 Å². The molecular formula is C13H18N4. The van der Waals surface area contributed by atoms with Crippen molar-refractivity contribution < 1.29 is 0 Å². The van der Waals surface area contributed by atoms with Crippen LogP contribution in [-0.4, -0.2) is 30.6 Å². The van der Waals surface area contributed by atoms with Gasteiger partial charge in [-0.05, 0) is 25.1 Å². The van der Waals surface area contributed by atoms with Gasteiger partial charge in [0.2, 0.25) is 0 Å². The quantitative estimate of drug-likeness (QED) is 0.866. The predicted molar refractivity (Wildman–Crippen MR) is 71.2 cm³/mol. The Kier molecular flexibility index (Phi) is 3.54. The second kappa shape index (κ2) is 5.10. The molecule has 0 bridgehead atoms. The summed E-state index contributed by atoms with van der Waals surface area (Å²) in [5.41, 5.74) is 6.52. The maximum absolute atomic E-state index is 5.52. The highest BCUT2D eigenvalue weighted by molar-refractivity contribution is 5.89. The lowest BCUT2D eigenvalue weighted by molar-refractivity contribution is 0.784. The molecule has 0 aliphatic heterocycles. The Balaban J connectivity index is 2.51. The smallest absolute Gasteiger partial charge is 0.139 e. The second-order valence-corrected chi connectivity index (χ2v) is 4.27. The number of aromatic nitrogens is 2. The van der Waals surface area contributed by atoms with Crippen LogP contribution in [0.5, 0.6) is 0 Å². The topological polar surface area (TPSA) is 55.0 Å². The molecule has 0 unspecified atom stereocenters. The maximum Gasteiger partial charge on any atom is 0.139 e. The van der Waals surface area contributed by atoms with Crippen LogP contribution in [0.1, 0.15) is 12.2 Å². The first-order valence-corrected chi connectivity index (χ1v) is 5.85. The first-order valence-electron chi connectivity index (χ1n) is 5.85. The van der Waals surface area contributed by atoms with Crippen LogP contribution in [0, 0.1) is 0 Å². The van der Waals surface area contributed by atoms with Crippen LogP contribution in [0.15, 0.2) is 24.3 Å². The standard InChI is InChI=1S/C13H18N4/c1-17(2)13-10-6-3-4-7-11(10)15-12(16-13)8-5-9-14/h3-4,6-7H,5,8-9,14H2,1-2H3. The number of nitrogens with two attached hydrogens (primary N) is 1. The van der Waals surface area contributed by atoms with E-state index in [1.165, 1.54) is 0 Å². The fourth-order valence-corrected chi connectivity index (χ4v) is 1.82. The molecule has 90 valence electrons. The lowest BCUT2D eigenvalue weighted by atomic mass is 10.2. The van der Waals surface area contributed by atoms with Gasteiger partial charge in [0, 0.05) is 25.9 Å². The first kappa shape index (κ1) is 11.8. The van der Waals surface area contributed by atoms with Crippen molar-refractivity contribution in [2.75, 3.05) is 25.5 Å². The molecule has 4 heteroatoms. The molecule has 0 radical (unpaired) electrons. The van der Waals surface area contributed by atoms with E-state index in [0.717, 1.165) is 35.4 Å². The molecule has 0 saturated carbocycles. The highest BCUT2D eigenvalue weighted by atomic mass is 15.1. The second-order valence-electron chi connectivity index (χ2n) is 4.27. The molecule has 4 nitrogen and oxygen atoms in total. The van der Waals surface area contributed by atoms with Gasteiger partial charge in [-0.1, -0.05) is 12.1 Å². The molecule has 1 heterocycles. The monoisotopic (exact) mass is 230 g/mol. The van der Waals surface area contributed by atoms with Gasteiger partial charge in [-0.2, -0.15) is 0 Å². The number of aryl methyl sites for hydroxylation is 1. The fourth-order valence-electron chi connectivity index (χ4n) is 1.82. The first-order chi connectivity index (χ1) is 8.22. The Morgan fingerprint density at radius 3 is 2.65 bits per heavy atom. The third-order valence-corrected chi connectivity index (χ3v) is 2.66. The van der Waals surface area contributed by atoms with E-state index in [4.69, 9.17) is 5.73 Å². The molecule has 2 N–H and O–H groups in total. The van der Waals surface area contributed by atoms with Gasteiger partial charge < -0.3 is 10.6 Å². The van der Waals surface area contributed by atoms with E-state index in [0.29, 0.717) is 6.54 Å². The van der Waals surface area contributed by atoms with E-state index in [2.05, 4.69) is 16.0 Å². The van der Waals surface area contributed by atoms with Crippen LogP contribution in [0.4, 0.5) is 5.82 Å². The van der Waals surface area contributed by atoms with E-state index < -0.39 is 0 Å². The van der Waals surface area contributed by atoms with Crippen LogP contribution >= 0.6 is 0 Å². The van der Waals surface area contributed by atoms with Gasteiger partial charge in [0.1, 0.15) is 11.6 Å². The summed E-state index contributed by atoms with van der Waals surface area (Å²) in [7, 11) is 4.00. The van der Waals surface area contributed by atoms with Crippen LogP contribution in [-0.2, 0) is 6.42 Å². The average Bonchev–Trinajstić information content (AvgIpc) is 2.35. The van der Waals surface area contributed by atoms with Crippen LogP contribution in [0.3, 0.4) is 0 Å². The Bertz CT molecular complexity index is 508. The van der Waals surface area contributed by atoms with Crippen molar-refractivity contribution in [2.45, 2.75) is 12.8 Å². The molecule has 0 atom stereocenters. The molecule has 0 aliphatic rings. The Morgan fingerprint density at radius 1 is 1.18 bits per heavy atom. The Hall–Kier alpha value is -1.68. The summed E-state index contributed by atoms with van der Waals surface area (Å²) in [5, 5.41) is 1.09. The maximum atomic E-state index is 5.52. The van der Waals surface area contributed by atoms with Crippen LogP contribution < -0.4 is 10.6 Å². The molecule has 1 aromatic heterocycles. The lowest BCUT2D eigenvalue weighted by Gasteiger charge is -2.15. The van der Waals surface area contributed by atoms with Gasteiger partial charge in [0.25, 0.3) is 0 Å². The third-order valence-electron chi connectivity index (χ3n) is 2.66. The zero-order chi connectivity index (χ0) is 12.3. The van der Waals surface area contributed by atoms with E-state index in [-0.39, 0.29) is 0 Å². The number of fused-ring (bicyclic) bond motifs is 1. The minimum Gasteiger partial charge on any atom is -0.362 e. The summed E-state index contributed by atoms with van der Waals surface area (Å²) < 4.78 is 0. The normalized spacial score (nSPS) is 10.8. The molecule has 2 aromatic rings. The summed E-state index contributed by atoms with van der Waals surface area (Å²) in [6.45, 7) is 0.674. The number of para-hydroxylation sites is 1. The van der Waals surface area contributed by atoms with E-state index in [9.17, 15) is 0 Å². The number of nitrogens with zero attached hydrogens (tertiary/aromatic N) is 3. The van der Waals surface area contributed by atoms with Crippen molar-refractivity contribution in [3.63, 3.8) is 0 Å². The van der Waals surface area contributed by atoms with Crippen LogP contribution in [0.2, 0.25) is 0 Å². The molecule has 17 heavy (non-hydrogen) atoms. The van der Waals surface area contributed by atoms with Gasteiger partial charge in [0.05, 0.1) is 5.52 Å². The number of hydrogen-bond acceptors (Lipinski definition) is 4. The van der Waals surface area contributed by atoms with Crippen molar-refractivity contribution in [1.29, 1.82) is 0 Å². The molecule has 2 rings (SSSR count). The van der Waals surface area contributed by atoms with Gasteiger partial charge in [0.15, 0.2) is 0 Å². The number of rotatable bonds is 4. The summed E-state index contributed by atoms with van der Waals surface area (Å²) in [4.78, 5) is 11.2. The van der Waals surface area contributed by atoms with Crippen molar-refractivity contribution in [3.8, 4) is 0 Å². The zero-order valence-corrected chi connectivity index (χ0v) is 10.3. The fraction of sp³-hybridized carbons (Fsp3) is 0.385. The Labute approximate surface area is 101 Å². The van der Waals surface area contributed by atoms with Crippen molar-refractivity contribution in [1.82, 2.24) is 9.97 Å². The molecule has 0 aliphatic carbocycles. The summed E-state index contributed by atoms with van der Waals surface area (Å²) in [5.74, 6) is 1.85. The number of hydrogen-bond donors (Lipinski definition) is 1.